The van der Waals surface area contributed by atoms with Crippen LogP contribution in [-0.4, -0.2) is 20.8 Å². The zero-order valence-electron chi connectivity index (χ0n) is 15.8. The third-order valence-electron chi connectivity index (χ3n) is 4.73. The van der Waals surface area contributed by atoms with E-state index >= 15 is 0 Å². The van der Waals surface area contributed by atoms with Crippen LogP contribution in [0.1, 0.15) is 11.4 Å². The van der Waals surface area contributed by atoms with Crippen molar-refractivity contribution >= 4 is 46.0 Å². The van der Waals surface area contributed by atoms with Crippen molar-refractivity contribution in [1.29, 1.82) is 0 Å². The molecule has 0 aliphatic rings. The molecule has 0 aliphatic heterocycles. The van der Waals surface area contributed by atoms with Gasteiger partial charge in [0.15, 0.2) is 0 Å². The van der Waals surface area contributed by atoms with Gasteiger partial charge in [-0.2, -0.15) is 0 Å². The molecule has 0 N–H and O–H groups in total. The van der Waals surface area contributed by atoms with Crippen LogP contribution in [0.3, 0.4) is 0 Å². The second kappa shape index (κ2) is 8.19. The Morgan fingerprint density at radius 1 is 1.07 bits per heavy atom. The molecule has 0 fully saturated rings. The molecular weight excluding hydrogens is 425 g/mol. The van der Waals surface area contributed by atoms with E-state index in [-0.39, 0.29) is 5.56 Å². The van der Waals surface area contributed by atoms with Crippen LogP contribution in [0.15, 0.2) is 64.4 Å². The number of aromatic nitrogens is 3. The summed E-state index contributed by atoms with van der Waals surface area (Å²) in [5.74, 6) is 0.661. The summed E-state index contributed by atoms with van der Waals surface area (Å²) in [5.41, 5.74) is 2.45. The molecule has 4 aromatic rings. The topological polar surface area (TPSA) is 47.8 Å². The number of halogens is 2. The maximum absolute atomic E-state index is 13.0. The summed E-state index contributed by atoms with van der Waals surface area (Å²) in [6, 6.07) is 15.2. The highest BCUT2D eigenvalue weighted by Gasteiger charge is 2.16. The molecule has 146 valence electrons. The summed E-state index contributed by atoms with van der Waals surface area (Å²) in [6.45, 7) is 0. The summed E-state index contributed by atoms with van der Waals surface area (Å²) in [4.78, 5) is 23.4. The number of hydrogen-bond donors (Lipinski definition) is 0. The Balaban J connectivity index is 1.81. The summed E-state index contributed by atoms with van der Waals surface area (Å²) in [6.07, 6.45) is 4.38. The first-order valence-electron chi connectivity index (χ1n) is 8.91. The monoisotopic (exact) mass is 441 g/mol. The van der Waals surface area contributed by atoms with E-state index in [1.165, 1.54) is 9.46 Å². The van der Waals surface area contributed by atoms with Crippen molar-refractivity contribution in [2.45, 2.75) is 11.3 Å². The van der Waals surface area contributed by atoms with Gasteiger partial charge in [-0.05, 0) is 42.2 Å². The predicted molar refractivity (Wildman–Crippen MR) is 121 cm³/mol. The molecule has 2 heterocycles. The van der Waals surface area contributed by atoms with Gasteiger partial charge in [0.1, 0.15) is 11.5 Å². The molecule has 0 saturated carbocycles. The first-order chi connectivity index (χ1) is 14.0. The lowest BCUT2D eigenvalue weighted by Crippen LogP contribution is -2.20. The zero-order chi connectivity index (χ0) is 20.5. The normalized spacial score (nSPS) is 11.2. The number of nitrogens with zero attached hydrogens (tertiary/aromatic N) is 3. The van der Waals surface area contributed by atoms with Gasteiger partial charge in [0.2, 0.25) is 0 Å². The van der Waals surface area contributed by atoms with Gasteiger partial charge in [0, 0.05) is 35.5 Å². The van der Waals surface area contributed by atoms with Crippen LogP contribution in [-0.2, 0) is 13.5 Å². The molecule has 2 aromatic heterocycles. The average Bonchev–Trinajstić information content (AvgIpc) is 2.72. The quantitative estimate of drug-likeness (QED) is 0.385. The van der Waals surface area contributed by atoms with Crippen molar-refractivity contribution in [3.05, 3.63) is 86.5 Å². The molecule has 2 aromatic carbocycles. The maximum Gasteiger partial charge on any atom is 0.259 e. The van der Waals surface area contributed by atoms with Crippen LogP contribution in [0.5, 0.6) is 0 Å². The Morgan fingerprint density at radius 2 is 1.79 bits per heavy atom. The Hall–Kier alpha value is -2.34. The van der Waals surface area contributed by atoms with Crippen molar-refractivity contribution in [2.75, 3.05) is 6.26 Å². The molecule has 0 atom stereocenters. The van der Waals surface area contributed by atoms with E-state index in [0.29, 0.717) is 39.1 Å². The number of rotatable bonds is 4. The van der Waals surface area contributed by atoms with Gasteiger partial charge in [-0.3, -0.25) is 9.36 Å². The highest BCUT2D eigenvalue weighted by atomic mass is 35.5. The van der Waals surface area contributed by atoms with E-state index in [9.17, 15) is 4.79 Å². The van der Waals surface area contributed by atoms with Crippen LogP contribution in [0, 0.1) is 0 Å². The smallest absolute Gasteiger partial charge is 0.259 e. The van der Waals surface area contributed by atoms with Gasteiger partial charge in [-0.15, -0.1) is 11.8 Å². The molecule has 0 saturated heterocycles. The van der Waals surface area contributed by atoms with E-state index < -0.39 is 0 Å². The summed E-state index contributed by atoms with van der Waals surface area (Å²) in [5, 5.41) is 1.61. The number of fused-ring (bicyclic) bond motifs is 1. The number of hydrogen-bond acceptors (Lipinski definition) is 4. The number of aryl methyl sites for hydroxylation is 1. The van der Waals surface area contributed by atoms with Crippen molar-refractivity contribution < 1.29 is 0 Å². The van der Waals surface area contributed by atoms with E-state index in [4.69, 9.17) is 23.2 Å². The molecule has 0 spiro atoms. The summed E-state index contributed by atoms with van der Waals surface area (Å²) < 4.78 is 1.52. The highest BCUT2D eigenvalue weighted by molar-refractivity contribution is 7.98. The van der Waals surface area contributed by atoms with Crippen LogP contribution in [0.4, 0.5) is 0 Å². The average molecular weight is 442 g/mol. The largest absolute Gasteiger partial charge is 0.295 e. The van der Waals surface area contributed by atoms with Crippen molar-refractivity contribution in [1.82, 2.24) is 14.5 Å². The Kier molecular flexibility index (Phi) is 5.63. The van der Waals surface area contributed by atoms with Gasteiger partial charge < -0.3 is 0 Å². The van der Waals surface area contributed by atoms with Gasteiger partial charge >= 0.3 is 0 Å². The van der Waals surface area contributed by atoms with Crippen LogP contribution in [0.2, 0.25) is 10.0 Å². The minimum absolute atomic E-state index is 0.207. The first-order valence-corrected chi connectivity index (χ1v) is 10.9. The van der Waals surface area contributed by atoms with Crippen LogP contribution < -0.4 is 5.56 Å². The predicted octanol–water partition coefficient (Wildman–Crippen LogP) is 5.62. The van der Waals surface area contributed by atoms with Crippen LogP contribution in [0.25, 0.3) is 22.2 Å². The van der Waals surface area contributed by atoms with Gasteiger partial charge in [-0.1, -0.05) is 41.4 Å². The SMILES string of the molecule is CSc1cccc(Cc2ncc3cc(-c4c(Cl)cccc4Cl)c(=O)n(C)c3n2)c1. The Morgan fingerprint density at radius 3 is 2.52 bits per heavy atom. The molecule has 7 heteroatoms. The van der Waals surface area contributed by atoms with Gasteiger partial charge in [0.25, 0.3) is 5.56 Å². The maximum atomic E-state index is 13.0. The second-order valence-corrected chi connectivity index (χ2v) is 8.31. The lowest BCUT2D eigenvalue weighted by Gasteiger charge is -2.11. The van der Waals surface area contributed by atoms with Crippen molar-refractivity contribution in [3.8, 4) is 11.1 Å². The second-order valence-electron chi connectivity index (χ2n) is 6.61. The van der Waals surface area contributed by atoms with Crippen LogP contribution >= 0.6 is 35.0 Å². The fraction of sp³-hybridized carbons (Fsp3) is 0.136. The highest BCUT2D eigenvalue weighted by Crippen LogP contribution is 2.33. The lowest BCUT2D eigenvalue weighted by molar-refractivity contribution is 0.868. The molecular formula is C22H17Cl2N3OS. The molecule has 0 amide bonds. The van der Waals surface area contributed by atoms with Crippen molar-refractivity contribution in [3.63, 3.8) is 0 Å². The van der Waals surface area contributed by atoms with Gasteiger partial charge in [-0.25, -0.2) is 9.97 Å². The zero-order valence-corrected chi connectivity index (χ0v) is 18.1. The molecule has 4 nitrogen and oxygen atoms in total. The molecule has 0 unspecified atom stereocenters. The number of benzene rings is 2. The fourth-order valence-electron chi connectivity index (χ4n) is 3.27. The Bertz CT molecular complexity index is 1270. The summed E-state index contributed by atoms with van der Waals surface area (Å²) >= 11 is 14.3. The van der Waals surface area contributed by atoms with Crippen molar-refractivity contribution in [2.24, 2.45) is 7.05 Å². The molecule has 29 heavy (non-hydrogen) atoms. The number of pyridine rings is 1. The minimum atomic E-state index is -0.207. The fourth-order valence-corrected chi connectivity index (χ4v) is 4.35. The standard InChI is InChI=1S/C22H17Cl2N3OS/c1-27-21-14(11-16(22(27)28)20-17(23)7-4-8-18(20)24)12-25-19(26-21)10-13-5-3-6-15(9-13)29-2/h3-9,11-12H,10H2,1-2H3. The molecule has 4 rings (SSSR count). The van der Waals surface area contributed by atoms with Gasteiger partial charge in [0.05, 0.1) is 15.6 Å². The Labute approximate surface area is 182 Å². The van der Waals surface area contributed by atoms with E-state index in [1.807, 2.05) is 12.3 Å². The first kappa shape index (κ1) is 20.0. The van der Waals surface area contributed by atoms with E-state index in [0.717, 1.165) is 10.9 Å². The number of thioether (sulfide) groups is 1. The summed E-state index contributed by atoms with van der Waals surface area (Å²) in [7, 11) is 1.70. The van der Waals surface area contributed by atoms with E-state index in [2.05, 4.69) is 28.2 Å². The molecule has 0 bridgehead atoms. The van der Waals surface area contributed by atoms with E-state index in [1.54, 1.807) is 49.3 Å². The molecule has 0 radical (unpaired) electrons. The minimum Gasteiger partial charge on any atom is -0.295 e. The molecule has 0 aliphatic carbocycles. The lowest BCUT2D eigenvalue weighted by atomic mass is 10.1. The third kappa shape index (κ3) is 3.90. The third-order valence-corrected chi connectivity index (χ3v) is 6.08.